The third-order valence-corrected chi connectivity index (χ3v) is 6.83. The summed E-state index contributed by atoms with van der Waals surface area (Å²) >= 11 is 1.74. The van der Waals surface area contributed by atoms with Crippen molar-refractivity contribution < 1.29 is 9.59 Å². The van der Waals surface area contributed by atoms with E-state index in [0.29, 0.717) is 26.1 Å². The van der Waals surface area contributed by atoms with E-state index in [-0.39, 0.29) is 11.8 Å². The molecule has 0 fully saturated rings. The van der Waals surface area contributed by atoms with E-state index in [9.17, 15) is 9.59 Å². The van der Waals surface area contributed by atoms with Gasteiger partial charge in [-0.25, -0.2) is 4.98 Å². The molecule has 0 saturated heterocycles. The molecule has 7 heteroatoms. The van der Waals surface area contributed by atoms with Crippen molar-refractivity contribution >= 4 is 45.1 Å². The molecule has 0 spiro atoms. The molecule has 160 valence electrons. The number of likely N-dealkylation sites (N-methyl/N-ethyl adjacent to an activating group) is 1. The van der Waals surface area contributed by atoms with Gasteiger partial charge in [-0.15, -0.1) is 11.3 Å². The van der Waals surface area contributed by atoms with Gasteiger partial charge in [-0.1, -0.05) is 18.2 Å². The average Bonchev–Trinajstić information content (AvgIpc) is 3.07. The third-order valence-electron chi connectivity index (χ3n) is 5.57. The van der Waals surface area contributed by atoms with Crippen LogP contribution in [0.5, 0.6) is 0 Å². The molecule has 0 aliphatic carbocycles. The Bertz CT molecular complexity index is 1170. The summed E-state index contributed by atoms with van der Waals surface area (Å²) in [6.45, 7) is 3.75. The first-order chi connectivity index (χ1) is 14.9. The standard InChI is InChI=1S/C24H26N4O2S/c1-16-19-6-4-5-7-20(19)31-21(16)15-28(3)22(29)9-8-17-12-18-14-27(2)23(30)10-11-25-24(18)26-13-17/h4-9,12-13H,10-11,14-15H2,1-3H3,(H,25,26). The number of amides is 2. The van der Waals surface area contributed by atoms with Gasteiger partial charge in [-0.3, -0.25) is 9.59 Å². The topological polar surface area (TPSA) is 65.5 Å². The van der Waals surface area contributed by atoms with Crippen LogP contribution < -0.4 is 5.32 Å². The minimum absolute atomic E-state index is 0.0611. The highest BCUT2D eigenvalue weighted by Crippen LogP contribution is 2.31. The number of carbonyl (C=O) groups excluding carboxylic acids is 2. The first-order valence-corrected chi connectivity index (χ1v) is 11.1. The van der Waals surface area contributed by atoms with Gasteiger partial charge in [-0.05, 0) is 41.6 Å². The van der Waals surface area contributed by atoms with E-state index in [2.05, 4.69) is 29.4 Å². The van der Waals surface area contributed by atoms with E-state index >= 15 is 0 Å². The first-order valence-electron chi connectivity index (χ1n) is 10.3. The quantitative estimate of drug-likeness (QED) is 0.629. The summed E-state index contributed by atoms with van der Waals surface area (Å²) in [5.74, 6) is 0.835. The lowest BCUT2D eigenvalue weighted by Crippen LogP contribution is -2.30. The van der Waals surface area contributed by atoms with E-state index in [4.69, 9.17) is 0 Å². The van der Waals surface area contributed by atoms with Crippen LogP contribution in [0.3, 0.4) is 0 Å². The van der Waals surface area contributed by atoms with Gasteiger partial charge in [-0.2, -0.15) is 0 Å². The van der Waals surface area contributed by atoms with Crippen LogP contribution in [-0.4, -0.2) is 47.2 Å². The molecule has 1 aromatic carbocycles. The zero-order chi connectivity index (χ0) is 22.0. The van der Waals surface area contributed by atoms with Crippen LogP contribution in [0.25, 0.3) is 16.2 Å². The summed E-state index contributed by atoms with van der Waals surface area (Å²) in [5.41, 5.74) is 3.02. The lowest BCUT2D eigenvalue weighted by Gasteiger charge is -2.23. The van der Waals surface area contributed by atoms with Crippen molar-refractivity contribution in [1.29, 1.82) is 0 Å². The third kappa shape index (κ3) is 4.61. The molecule has 6 nitrogen and oxygen atoms in total. The van der Waals surface area contributed by atoms with E-state index in [0.717, 1.165) is 16.9 Å². The number of nitrogens with one attached hydrogen (secondary N) is 1. The normalized spacial score (nSPS) is 14.3. The Morgan fingerprint density at radius 1 is 1.35 bits per heavy atom. The van der Waals surface area contributed by atoms with E-state index in [1.807, 2.05) is 25.2 Å². The molecule has 1 aliphatic rings. The second kappa shape index (κ2) is 8.89. The van der Waals surface area contributed by atoms with Crippen molar-refractivity contribution in [3.05, 3.63) is 64.2 Å². The SMILES string of the molecule is Cc1c(CN(C)C(=O)C=Cc2cnc3c(c2)CN(C)C(=O)CCN3)sc2ccccc12. The van der Waals surface area contributed by atoms with Crippen molar-refractivity contribution in [2.24, 2.45) is 0 Å². The van der Waals surface area contributed by atoms with Crippen LogP contribution in [0.2, 0.25) is 0 Å². The Balaban J connectivity index is 1.46. The summed E-state index contributed by atoms with van der Waals surface area (Å²) in [4.78, 5) is 33.8. The van der Waals surface area contributed by atoms with Crippen molar-refractivity contribution in [2.45, 2.75) is 26.4 Å². The van der Waals surface area contributed by atoms with E-state index in [1.165, 1.54) is 20.5 Å². The lowest BCUT2D eigenvalue weighted by atomic mass is 10.1. The second-order valence-electron chi connectivity index (χ2n) is 7.88. The summed E-state index contributed by atoms with van der Waals surface area (Å²) in [5, 5.41) is 4.47. The molecule has 0 bridgehead atoms. The highest BCUT2D eigenvalue weighted by Gasteiger charge is 2.16. The molecule has 1 aliphatic heterocycles. The van der Waals surface area contributed by atoms with Crippen molar-refractivity contribution in [3.8, 4) is 0 Å². The number of fused-ring (bicyclic) bond motifs is 2. The van der Waals surface area contributed by atoms with Gasteiger partial charge >= 0.3 is 0 Å². The minimum Gasteiger partial charge on any atom is -0.369 e. The van der Waals surface area contributed by atoms with Gasteiger partial charge in [0.15, 0.2) is 0 Å². The fourth-order valence-corrected chi connectivity index (χ4v) is 4.95. The predicted octanol–water partition coefficient (Wildman–Crippen LogP) is 4.05. The number of rotatable bonds is 4. The number of hydrogen-bond donors (Lipinski definition) is 1. The number of pyridine rings is 1. The number of aryl methyl sites for hydroxylation is 1. The Morgan fingerprint density at radius 3 is 2.97 bits per heavy atom. The Morgan fingerprint density at radius 2 is 2.16 bits per heavy atom. The van der Waals surface area contributed by atoms with Crippen LogP contribution in [0, 0.1) is 6.92 Å². The fraction of sp³-hybridized carbons (Fsp3) is 0.292. The highest BCUT2D eigenvalue weighted by atomic mass is 32.1. The van der Waals surface area contributed by atoms with Gasteiger partial charge in [0.2, 0.25) is 11.8 Å². The van der Waals surface area contributed by atoms with Gasteiger partial charge in [0, 0.05) is 61.0 Å². The number of hydrogen-bond acceptors (Lipinski definition) is 5. The molecule has 2 amide bonds. The number of benzene rings is 1. The maximum atomic E-state index is 12.7. The number of thiophene rings is 1. The molecule has 3 aromatic rings. The molecule has 1 N–H and O–H groups in total. The van der Waals surface area contributed by atoms with Crippen LogP contribution in [-0.2, 0) is 22.7 Å². The summed E-state index contributed by atoms with van der Waals surface area (Å²) < 4.78 is 1.25. The molecule has 0 saturated carbocycles. The Hall–Kier alpha value is -3.19. The largest absolute Gasteiger partial charge is 0.369 e. The molecule has 0 unspecified atom stereocenters. The zero-order valence-electron chi connectivity index (χ0n) is 18.0. The number of carbonyl (C=O) groups is 2. The molecule has 3 heterocycles. The van der Waals surface area contributed by atoms with Gasteiger partial charge < -0.3 is 15.1 Å². The van der Waals surface area contributed by atoms with Gasteiger partial charge in [0.05, 0.1) is 6.54 Å². The van der Waals surface area contributed by atoms with Crippen molar-refractivity contribution in [3.63, 3.8) is 0 Å². The number of anilines is 1. The van der Waals surface area contributed by atoms with Gasteiger partial charge in [0.25, 0.3) is 0 Å². The van der Waals surface area contributed by atoms with Crippen LogP contribution in [0.1, 0.15) is 28.0 Å². The van der Waals surface area contributed by atoms with Crippen molar-refractivity contribution in [2.75, 3.05) is 26.0 Å². The van der Waals surface area contributed by atoms with Gasteiger partial charge in [0.1, 0.15) is 5.82 Å². The van der Waals surface area contributed by atoms with Crippen LogP contribution in [0.4, 0.5) is 5.82 Å². The Labute approximate surface area is 186 Å². The number of nitrogens with zero attached hydrogens (tertiary/aromatic N) is 3. The minimum atomic E-state index is -0.0611. The summed E-state index contributed by atoms with van der Waals surface area (Å²) in [7, 11) is 3.62. The molecule has 0 atom stereocenters. The maximum Gasteiger partial charge on any atom is 0.246 e. The smallest absolute Gasteiger partial charge is 0.246 e. The van der Waals surface area contributed by atoms with Crippen LogP contribution in [0.15, 0.2) is 42.6 Å². The fourth-order valence-electron chi connectivity index (χ4n) is 3.69. The Kier molecular flexibility index (Phi) is 6.04. The predicted molar refractivity (Wildman–Crippen MR) is 126 cm³/mol. The molecule has 2 aromatic heterocycles. The molecule has 31 heavy (non-hydrogen) atoms. The highest BCUT2D eigenvalue weighted by molar-refractivity contribution is 7.19. The molecular weight excluding hydrogens is 408 g/mol. The van der Waals surface area contributed by atoms with Crippen molar-refractivity contribution in [1.82, 2.24) is 14.8 Å². The lowest BCUT2D eigenvalue weighted by molar-refractivity contribution is -0.130. The average molecular weight is 435 g/mol. The summed E-state index contributed by atoms with van der Waals surface area (Å²) in [6.07, 6.45) is 5.57. The molecule has 0 radical (unpaired) electrons. The van der Waals surface area contributed by atoms with E-state index < -0.39 is 0 Å². The first kappa shape index (κ1) is 21.1. The summed E-state index contributed by atoms with van der Waals surface area (Å²) in [6, 6.07) is 10.3. The number of aromatic nitrogens is 1. The van der Waals surface area contributed by atoms with E-state index in [1.54, 1.807) is 46.5 Å². The zero-order valence-corrected chi connectivity index (χ0v) is 18.8. The van der Waals surface area contributed by atoms with Crippen LogP contribution >= 0.6 is 11.3 Å². The second-order valence-corrected chi connectivity index (χ2v) is 9.01. The molecule has 4 rings (SSSR count). The maximum absolute atomic E-state index is 12.7. The molecular formula is C24H26N4O2S. The monoisotopic (exact) mass is 434 g/mol.